The molecule has 8 heteroatoms. The SMILES string of the molecule is Cn1c(CO)nnc1C1CCCN(C(=O)NCCCc2ccc(O)cc2)C1. The fraction of sp³-hybridized carbons (Fsp3) is 0.526. The first-order valence-corrected chi connectivity index (χ1v) is 9.38. The second kappa shape index (κ2) is 8.85. The lowest BCUT2D eigenvalue weighted by atomic mass is 9.97. The Hall–Kier alpha value is -2.61. The van der Waals surface area contributed by atoms with Gasteiger partial charge >= 0.3 is 6.03 Å². The van der Waals surface area contributed by atoms with Crippen LogP contribution in [0.3, 0.4) is 0 Å². The number of nitrogens with one attached hydrogen (secondary N) is 1. The van der Waals surface area contributed by atoms with Gasteiger partial charge in [0.05, 0.1) is 0 Å². The number of carbonyl (C=O) groups excluding carboxylic acids is 1. The number of carbonyl (C=O) groups is 1. The maximum Gasteiger partial charge on any atom is 0.317 e. The van der Waals surface area contributed by atoms with Gasteiger partial charge in [-0.05, 0) is 43.4 Å². The Kier molecular flexibility index (Phi) is 6.28. The van der Waals surface area contributed by atoms with Crippen molar-refractivity contribution in [3.8, 4) is 5.75 Å². The van der Waals surface area contributed by atoms with Crippen LogP contribution in [-0.2, 0) is 20.1 Å². The van der Waals surface area contributed by atoms with Gasteiger partial charge in [-0.15, -0.1) is 10.2 Å². The summed E-state index contributed by atoms with van der Waals surface area (Å²) in [6.45, 7) is 1.83. The lowest BCUT2D eigenvalue weighted by Gasteiger charge is -2.32. The average molecular weight is 373 g/mol. The molecule has 0 saturated carbocycles. The first-order valence-electron chi connectivity index (χ1n) is 9.38. The zero-order valence-electron chi connectivity index (χ0n) is 15.6. The molecule has 1 fully saturated rings. The summed E-state index contributed by atoms with van der Waals surface area (Å²) in [4.78, 5) is 14.3. The molecule has 0 aliphatic carbocycles. The van der Waals surface area contributed by atoms with E-state index < -0.39 is 0 Å². The number of aliphatic hydroxyl groups is 1. The third-order valence-corrected chi connectivity index (χ3v) is 5.07. The van der Waals surface area contributed by atoms with Gasteiger partial charge in [-0.3, -0.25) is 0 Å². The van der Waals surface area contributed by atoms with E-state index in [-0.39, 0.29) is 24.3 Å². The summed E-state index contributed by atoms with van der Waals surface area (Å²) in [5.41, 5.74) is 1.14. The molecule has 146 valence electrons. The van der Waals surface area contributed by atoms with Gasteiger partial charge in [0, 0.05) is 32.6 Å². The van der Waals surface area contributed by atoms with Gasteiger partial charge in [-0.2, -0.15) is 0 Å². The van der Waals surface area contributed by atoms with Crippen LogP contribution in [0.15, 0.2) is 24.3 Å². The van der Waals surface area contributed by atoms with Crippen LogP contribution < -0.4 is 5.32 Å². The van der Waals surface area contributed by atoms with Crippen molar-refractivity contribution in [3.05, 3.63) is 41.5 Å². The van der Waals surface area contributed by atoms with Gasteiger partial charge in [-0.1, -0.05) is 12.1 Å². The van der Waals surface area contributed by atoms with E-state index in [0.29, 0.717) is 18.9 Å². The van der Waals surface area contributed by atoms with Crippen LogP contribution in [0, 0.1) is 0 Å². The monoisotopic (exact) mass is 373 g/mol. The van der Waals surface area contributed by atoms with E-state index in [0.717, 1.165) is 43.6 Å². The van der Waals surface area contributed by atoms with Crippen LogP contribution >= 0.6 is 0 Å². The largest absolute Gasteiger partial charge is 0.508 e. The number of phenolic OH excluding ortho intramolecular Hbond substituents is 1. The van der Waals surface area contributed by atoms with Crippen LogP contribution in [0.2, 0.25) is 0 Å². The Bertz CT molecular complexity index is 759. The van der Waals surface area contributed by atoms with Crippen molar-refractivity contribution in [2.24, 2.45) is 7.05 Å². The Morgan fingerprint density at radius 1 is 1.30 bits per heavy atom. The summed E-state index contributed by atoms with van der Waals surface area (Å²) in [6.07, 6.45) is 3.58. The van der Waals surface area contributed by atoms with Gasteiger partial charge in [-0.25, -0.2) is 4.79 Å². The van der Waals surface area contributed by atoms with E-state index in [1.807, 2.05) is 28.6 Å². The first kappa shape index (κ1) is 19.2. The maximum absolute atomic E-state index is 12.5. The highest BCUT2D eigenvalue weighted by atomic mass is 16.3. The molecule has 2 aromatic rings. The number of urea groups is 1. The quantitative estimate of drug-likeness (QED) is 0.667. The van der Waals surface area contributed by atoms with Gasteiger partial charge in [0.25, 0.3) is 0 Å². The van der Waals surface area contributed by atoms with Crippen LogP contribution in [-0.4, -0.2) is 55.5 Å². The minimum absolute atomic E-state index is 0.0463. The van der Waals surface area contributed by atoms with E-state index in [2.05, 4.69) is 15.5 Å². The summed E-state index contributed by atoms with van der Waals surface area (Å²) in [7, 11) is 1.85. The van der Waals surface area contributed by atoms with E-state index in [9.17, 15) is 15.0 Å². The molecule has 3 rings (SSSR count). The number of aliphatic hydroxyl groups excluding tert-OH is 1. The Morgan fingerprint density at radius 3 is 2.78 bits per heavy atom. The smallest absolute Gasteiger partial charge is 0.317 e. The van der Waals surface area contributed by atoms with Gasteiger partial charge in [0.2, 0.25) is 0 Å². The van der Waals surface area contributed by atoms with Crippen molar-refractivity contribution >= 4 is 6.03 Å². The fourth-order valence-corrected chi connectivity index (χ4v) is 3.50. The highest BCUT2D eigenvalue weighted by molar-refractivity contribution is 5.74. The summed E-state index contributed by atoms with van der Waals surface area (Å²) in [6, 6.07) is 7.10. The highest BCUT2D eigenvalue weighted by Gasteiger charge is 2.28. The molecular weight excluding hydrogens is 346 g/mol. The number of aromatic hydroxyl groups is 1. The molecular formula is C19H27N5O3. The van der Waals surface area contributed by atoms with Crippen LogP contribution in [0.4, 0.5) is 4.79 Å². The summed E-state index contributed by atoms with van der Waals surface area (Å²) < 4.78 is 1.82. The number of amides is 2. The number of aryl methyl sites for hydroxylation is 1. The molecule has 0 radical (unpaired) electrons. The van der Waals surface area contributed by atoms with Gasteiger partial charge in [0.15, 0.2) is 5.82 Å². The second-order valence-electron chi connectivity index (χ2n) is 6.98. The number of rotatable bonds is 6. The summed E-state index contributed by atoms with van der Waals surface area (Å²) in [5.74, 6) is 1.77. The van der Waals surface area contributed by atoms with Crippen molar-refractivity contribution in [3.63, 3.8) is 0 Å². The number of benzene rings is 1. The molecule has 8 nitrogen and oxygen atoms in total. The third kappa shape index (κ3) is 4.77. The normalized spacial score (nSPS) is 17.1. The molecule has 3 N–H and O–H groups in total. The molecule has 1 atom stereocenters. The Morgan fingerprint density at radius 2 is 2.07 bits per heavy atom. The predicted octanol–water partition coefficient (Wildman–Crippen LogP) is 1.53. The molecule has 0 bridgehead atoms. The molecule has 1 unspecified atom stereocenters. The zero-order valence-corrected chi connectivity index (χ0v) is 15.6. The lowest BCUT2D eigenvalue weighted by molar-refractivity contribution is 0.177. The minimum Gasteiger partial charge on any atom is -0.508 e. The minimum atomic E-state index is -0.137. The first-order chi connectivity index (χ1) is 13.1. The third-order valence-electron chi connectivity index (χ3n) is 5.07. The van der Waals surface area contributed by atoms with Gasteiger partial charge < -0.3 is 25.0 Å². The lowest BCUT2D eigenvalue weighted by Crippen LogP contribution is -2.45. The number of piperidine rings is 1. The molecule has 2 amide bonds. The topological polar surface area (TPSA) is 104 Å². The van der Waals surface area contributed by atoms with Crippen molar-refractivity contribution in [1.82, 2.24) is 25.0 Å². The second-order valence-corrected chi connectivity index (χ2v) is 6.98. The van der Waals surface area contributed by atoms with E-state index in [1.54, 1.807) is 12.1 Å². The molecule has 1 aromatic heterocycles. The molecule has 1 aromatic carbocycles. The van der Waals surface area contributed by atoms with Crippen molar-refractivity contribution in [2.45, 2.75) is 38.2 Å². The Labute approximate surface area is 158 Å². The molecule has 2 heterocycles. The molecule has 27 heavy (non-hydrogen) atoms. The number of likely N-dealkylation sites (tertiary alicyclic amines) is 1. The van der Waals surface area contributed by atoms with Crippen LogP contribution in [0.1, 0.15) is 42.4 Å². The highest BCUT2D eigenvalue weighted by Crippen LogP contribution is 2.25. The number of hydrogen-bond acceptors (Lipinski definition) is 5. The zero-order chi connectivity index (χ0) is 19.2. The maximum atomic E-state index is 12.5. The summed E-state index contributed by atoms with van der Waals surface area (Å²) in [5, 5.41) is 29.8. The summed E-state index contributed by atoms with van der Waals surface area (Å²) >= 11 is 0. The Balaban J connectivity index is 1.46. The number of aromatic nitrogens is 3. The number of phenols is 1. The molecule has 1 aliphatic heterocycles. The number of nitrogens with zero attached hydrogens (tertiary/aromatic N) is 4. The molecule has 1 saturated heterocycles. The molecule has 0 spiro atoms. The van der Waals surface area contributed by atoms with Crippen LogP contribution in [0.25, 0.3) is 0 Å². The van der Waals surface area contributed by atoms with Crippen LogP contribution in [0.5, 0.6) is 5.75 Å². The molecule has 1 aliphatic rings. The van der Waals surface area contributed by atoms with Crippen molar-refractivity contribution in [1.29, 1.82) is 0 Å². The predicted molar refractivity (Wildman–Crippen MR) is 100 cm³/mol. The van der Waals surface area contributed by atoms with Crippen molar-refractivity contribution in [2.75, 3.05) is 19.6 Å². The van der Waals surface area contributed by atoms with Gasteiger partial charge in [0.1, 0.15) is 18.2 Å². The van der Waals surface area contributed by atoms with Crippen molar-refractivity contribution < 1.29 is 15.0 Å². The van der Waals surface area contributed by atoms with E-state index in [1.165, 1.54) is 0 Å². The number of hydrogen-bond donors (Lipinski definition) is 3. The van der Waals surface area contributed by atoms with E-state index in [4.69, 9.17) is 0 Å². The average Bonchev–Trinajstić information content (AvgIpc) is 3.07. The standard InChI is InChI=1S/C19H27N5O3/c1-23-17(13-25)21-22-18(23)15-5-3-11-24(12-15)19(27)20-10-2-4-14-6-8-16(26)9-7-14/h6-9,15,25-26H,2-5,10-13H2,1H3,(H,20,27). The van der Waals surface area contributed by atoms with E-state index >= 15 is 0 Å². The fourth-order valence-electron chi connectivity index (χ4n) is 3.50.